The number of hydrogen-bond acceptors (Lipinski definition) is 8. The molecule has 0 aliphatic carbocycles. The minimum Gasteiger partial charge on any atom is -0.353 e. The van der Waals surface area contributed by atoms with E-state index >= 15 is 0 Å². The molecule has 0 radical (unpaired) electrons. The molecule has 0 unspecified atom stereocenters. The van der Waals surface area contributed by atoms with Crippen molar-refractivity contribution in [2.45, 2.75) is 13.8 Å². The third kappa shape index (κ3) is 3.14. The second-order valence-electron chi connectivity index (χ2n) is 7.08. The van der Waals surface area contributed by atoms with E-state index in [0.717, 1.165) is 60.5 Å². The molecule has 1 fully saturated rings. The Morgan fingerprint density at radius 3 is 2.52 bits per heavy atom. The summed E-state index contributed by atoms with van der Waals surface area (Å²) in [5.41, 5.74) is 3.99. The van der Waals surface area contributed by atoms with Crippen molar-refractivity contribution < 1.29 is 0 Å². The smallest absolute Gasteiger partial charge is 0.254 e. The Balaban J connectivity index is 1.38. The lowest BCUT2D eigenvalue weighted by molar-refractivity contribution is 0.625. The van der Waals surface area contributed by atoms with Gasteiger partial charge >= 0.3 is 0 Å². The molecule has 146 valence electrons. The Hall–Kier alpha value is -3.62. The molecule has 1 aliphatic heterocycles. The summed E-state index contributed by atoms with van der Waals surface area (Å²) >= 11 is 0. The summed E-state index contributed by atoms with van der Waals surface area (Å²) < 4.78 is 1.83. The molecular weight excluding hydrogens is 366 g/mol. The summed E-state index contributed by atoms with van der Waals surface area (Å²) in [6.45, 7) is 7.45. The minimum absolute atomic E-state index is 0.637. The molecular formula is C20H21N9. The number of hydrogen-bond donors (Lipinski definition) is 0. The molecule has 4 aromatic rings. The van der Waals surface area contributed by atoms with E-state index in [0.29, 0.717) is 5.78 Å². The average Bonchev–Trinajstić information content (AvgIpc) is 3.23. The first kappa shape index (κ1) is 17.5. The van der Waals surface area contributed by atoms with Gasteiger partial charge in [-0.15, -0.1) is 0 Å². The van der Waals surface area contributed by atoms with Gasteiger partial charge in [-0.3, -0.25) is 4.98 Å². The summed E-state index contributed by atoms with van der Waals surface area (Å²) in [7, 11) is 0. The van der Waals surface area contributed by atoms with Gasteiger partial charge in [0.15, 0.2) is 0 Å². The molecule has 0 amide bonds. The zero-order valence-electron chi connectivity index (χ0n) is 16.4. The third-order valence-electron chi connectivity index (χ3n) is 5.34. The number of nitrogens with zero attached hydrogens (tertiary/aromatic N) is 9. The lowest BCUT2D eigenvalue weighted by atomic mass is 10.2. The number of piperazine rings is 1. The normalized spacial score (nSPS) is 14.6. The van der Waals surface area contributed by atoms with Gasteiger partial charge in [0.1, 0.15) is 12.1 Å². The molecule has 9 nitrogen and oxygen atoms in total. The first-order valence-electron chi connectivity index (χ1n) is 9.61. The second kappa shape index (κ2) is 7.08. The van der Waals surface area contributed by atoms with Crippen molar-refractivity contribution in [3.63, 3.8) is 0 Å². The molecule has 1 aliphatic rings. The fraction of sp³-hybridized carbons (Fsp3) is 0.300. The number of anilines is 2. The van der Waals surface area contributed by atoms with E-state index in [9.17, 15) is 0 Å². The number of rotatable bonds is 3. The van der Waals surface area contributed by atoms with Gasteiger partial charge in [-0.2, -0.15) is 14.6 Å². The fourth-order valence-corrected chi connectivity index (χ4v) is 3.68. The average molecular weight is 387 g/mol. The topological polar surface area (TPSA) is 88.2 Å². The minimum atomic E-state index is 0.637. The van der Waals surface area contributed by atoms with Crippen LogP contribution in [0.1, 0.15) is 11.3 Å². The highest BCUT2D eigenvalue weighted by molar-refractivity contribution is 5.59. The molecule has 29 heavy (non-hydrogen) atoms. The largest absolute Gasteiger partial charge is 0.353 e. The summed E-state index contributed by atoms with van der Waals surface area (Å²) in [5, 5.41) is 4.38. The van der Waals surface area contributed by atoms with Gasteiger partial charge in [-0.1, -0.05) is 0 Å². The van der Waals surface area contributed by atoms with Crippen LogP contribution in [0.5, 0.6) is 0 Å². The van der Waals surface area contributed by atoms with Crippen LogP contribution < -0.4 is 9.80 Å². The molecule has 0 atom stereocenters. The molecule has 4 aromatic heterocycles. The predicted octanol–water partition coefficient (Wildman–Crippen LogP) is 1.92. The van der Waals surface area contributed by atoms with Crippen molar-refractivity contribution in [2.24, 2.45) is 0 Å². The van der Waals surface area contributed by atoms with Crippen LogP contribution in [0.15, 0.2) is 43.1 Å². The van der Waals surface area contributed by atoms with Gasteiger partial charge in [-0.25, -0.2) is 15.0 Å². The predicted molar refractivity (Wildman–Crippen MR) is 110 cm³/mol. The van der Waals surface area contributed by atoms with Crippen LogP contribution in [0.3, 0.4) is 0 Å². The van der Waals surface area contributed by atoms with Gasteiger partial charge in [0.25, 0.3) is 5.78 Å². The Morgan fingerprint density at radius 1 is 0.897 bits per heavy atom. The zero-order chi connectivity index (χ0) is 19.8. The van der Waals surface area contributed by atoms with Gasteiger partial charge < -0.3 is 9.80 Å². The Morgan fingerprint density at radius 2 is 1.72 bits per heavy atom. The Kier molecular flexibility index (Phi) is 4.27. The molecule has 0 aromatic carbocycles. The van der Waals surface area contributed by atoms with Crippen molar-refractivity contribution in [1.29, 1.82) is 0 Å². The van der Waals surface area contributed by atoms with Gasteiger partial charge in [0.05, 0.1) is 5.69 Å². The fourth-order valence-electron chi connectivity index (χ4n) is 3.68. The second-order valence-corrected chi connectivity index (χ2v) is 7.08. The SMILES string of the molecule is Cc1nc2ncnn2c(N2CCN(c3nccc(-c4cccnc4)n3)CC2)c1C. The van der Waals surface area contributed by atoms with Crippen molar-refractivity contribution in [1.82, 2.24) is 34.5 Å². The van der Waals surface area contributed by atoms with Crippen LogP contribution in [0.2, 0.25) is 0 Å². The van der Waals surface area contributed by atoms with E-state index in [4.69, 9.17) is 4.98 Å². The van der Waals surface area contributed by atoms with Crippen LogP contribution in [0.4, 0.5) is 11.8 Å². The molecule has 0 bridgehead atoms. The monoisotopic (exact) mass is 387 g/mol. The molecule has 0 spiro atoms. The van der Waals surface area contributed by atoms with E-state index in [1.807, 2.05) is 42.0 Å². The van der Waals surface area contributed by atoms with Crippen molar-refractivity contribution >= 4 is 17.5 Å². The van der Waals surface area contributed by atoms with Gasteiger partial charge in [0.2, 0.25) is 5.95 Å². The number of aromatic nitrogens is 7. The molecule has 0 saturated carbocycles. The quantitative estimate of drug-likeness (QED) is 0.527. The summed E-state index contributed by atoms with van der Waals surface area (Å²) in [6, 6.07) is 5.84. The van der Waals surface area contributed by atoms with Gasteiger partial charge in [-0.05, 0) is 32.0 Å². The lowest BCUT2D eigenvalue weighted by Gasteiger charge is -2.36. The standard InChI is InChI=1S/C20H21N9/c1-14-15(2)25-20-23-13-24-29(20)18(14)27-8-10-28(11-9-27)19-22-7-5-17(26-19)16-4-3-6-21-12-16/h3-7,12-13H,8-11H2,1-2H3. The van der Waals surface area contributed by atoms with E-state index < -0.39 is 0 Å². The molecule has 0 N–H and O–H groups in total. The van der Waals surface area contributed by atoms with Crippen LogP contribution in [-0.2, 0) is 0 Å². The zero-order valence-corrected chi connectivity index (χ0v) is 16.4. The first-order chi connectivity index (χ1) is 14.2. The number of aryl methyl sites for hydroxylation is 1. The third-order valence-corrected chi connectivity index (χ3v) is 5.34. The van der Waals surface area contributed by atoms with E-state index in [1.165, 1.54) is 0 Å². The highest BCUT2D eigenvalue weighted by atomic mass is 15.4. The van der Waals surface area contributed by atoms with E-state index in [2.05, 4.69) is 41.8 Å². The first-order valence-corrected chi connectivity index (χ1v) is 9.61. The van der Waals surface area contributed by atoms with Crippen LogP contribution in [0.25, 0.3) is 17.0 Å². The summed E-state index contributed by atoms with van der Waals surface area (Å²) in [6.07, 6.45) is 6.95. The maximum atomic E-state index is 4.76. The number of pyridine rings is 1. The Labute approximate surface area is 168 Å². The summed E-state index contributed by atoms with van der Waals surface area (Å²) in [4.78, 5) is 26.8. The van der Waals surface area contributed by atoms with Crippen LogP contribution in [-0.4, -0.2) is 60.7 Å². The molecule has 5 rings (SSSR count). The highest BCUT2D eigenvalue weighted by Crippen LogP contribution is 2.25. The Bertz CT molecular complexity index is 1150. The maximum Gasteiger partial charge on any atom is 0.254 e. The molecule has 9 heteroatoms. The van der Waals surface area contributed by atoms with E-state index in [-0.39, 0.29) is 0 Å². The van der Waals surface area contributed by atoms with Crippen molar-refractivity contribution in [3.05, 3.63) is 54.4 Å². The number of fused-ring (bicyclic) bond motifs is 1. The van der Waals surface area contributed by atoms with Crippen LogP contribution in [0, 0.1) is 13.8 Å². The van der Waals surface area contributed by atoms with E-state index in [1.54, 1.807) is 12.5 Å². The van der Waals surface area contributed by atoms with Crippen LogP contribution >= 0.6 is 0 Å². The highest BCUT2D eigenvalue weighted by Gasteiger charge is 2.24. The van der Waals surface area contributed by atoms with Gasteiger partial charge in [0, 0.05) is 61.6 Å². The lowest BCUT2D eigenvalue weighted by Crippen LogP contribution is -2.48. The van der Waals surface area contributed by atoms with Crippen molar-refractivity contribution in [2.75, 3.05) is 36.0 Å². The molecule has 5 heterocycles. The molecule has 1 saturated heterocycles. The summed E-state index contributed by atoms with van der Waals surface area (Å²) in [5.74, 6) is 2.45. The maximum absolute atomic E-state index is 4.76. The van der Waals surface area contributed by atoms with Crippen molar-refractivity contribution in [3.8, 4) is 11.3 Å².